The minimum absolute atomic E-state index is 0.0815. The van der Waals surface area contributed by atoms with Gasteiger partial charge in [-0.1, -0.05) is 0 Å². The van der Waals surface area contributed by atoms with Gasteiger partial charge in [0.05, 0.1) is 30.8 Å². The van der Waals surface area contributed by atoms with Crippen LogP contribution >= 0.6 is 0 Å². The number of nitro groups is 1. The number of rotatable bonds is 5. The SMILES string of the molecule is COC(=O)Cn1cc(S(=O)(=O)N2CCOCC2)c2cc([N+](=O)[O-])ccc21. The highest BCUT2D eigenvalue weighted by atomic mass is 32.2. The number of benzene rings is 1. The Labute approximate surface area is 149 Å². The van der Waals surface area contributed by atoms with Crippen molar-refractivity contribution >= 4 is 32.6 Å². The van der Waals surface area contributed by atoms with Gasteiger partial charge in [0, 0.05) is 36.8 Å². The van der Waals surface area contributed by atoms with Gasteiger partial charge in [-0.15, -0.1) is 0 Å². The quantitative estimate of drug-likeness (QED) is 0.424. The Morgan fingerprint density at radius 3 is 2.65 bits per heavy atom. The minimum Gasteiger partial charge on any atom is -0.468 e. The number of aromatic nitrogens is 1. The molecule has 2 heterocycles. The molecule has 1 fully saturated rings. The van der Waals surface area contributed by atoms with Gasteiger partial charge in [-0.25, -0.2) is 8.42 Å². The number of methoxy groups -OCH3 is 1. The molecule has 26 heavy (non-hydrogen) atoms. The first-order chi connectivity index (χ1) is 12.3. The number of carbonyl (C=O) groups is 1. The maximum absolute atomic E-state index is 13.0. The first kappa shape index (κ1) is 18.3. The van der Waals surface area contributed by atoms with Gasteiger partial charge in [-0.05, 0) is 6.07 Å². The van der Waals surface area contributed by atoms with Crippen LogP contribution in [0.4, 0.5) is 5.69 Å². The fourth-order valence-corrected chi connectivity index (χ4v) is 4.44. The molecule has 3 rings (SSSR count). The van der Waals surface area contributed by atoms with Gasteiger partial charge < -0.3 is 14.0 Å². The second-order valence-electron chi connectivity index (χ2n) is 5.67. The van der Waals surface area contributed by atoms with Crippen LogP contribution in [0.25, 0.3) is 10.9 Å². The first-order valence-corrected chi connectivity index (χ1v) is 9.20. The maximum Gasteiger partial charge on any atom is 0.325 e. The van der Waals surface area contributed by atoms with Gasteiger partial charge in [0.15, 0.2) is 0 Å². The van der Waals surface area contributed by atoms with E-state index in [1.165, 1.54) is 40.4 Å². The van der Waals surface area contributed by atoms with Gasteiger partial charge in [-0.2, -0.15) is 4.31 Å². The fraction of sp³-hybridized carbons (Fsp3) is 0.400. The van der Waals surface area contributed by atoms with Crippen molar-refractivity contribution in [2.45, 2.75) is 11.4 Å². The number of hydrogen-bond donors (Lipinski definition) is 0. The first-order valence-electron chi connectivity index (χ1n) is 7.76. The van der Waals surface area contributed by atoms with Gasteiger partial charge in [-0.3, -0.25) is 14.9 Å². The lowest BCUT2D eigenvalue weighted by atomic mass is 10.2. The van der Waals surface area contributed by atoms with Crippen molar-refractivity contribution < 1.29 is 27.6 Å². The zero-order valence-corrected chi connectivity index (χ0v) is 14.8. The monoisotopic (exact) mass is 383 g/mol. The summed E-state index contributed by atoms with van der Waals surface area (Å²) in [6.07, 6.45) is 1.32. The zero-order chi connectivity index (χ0) is 18.9. The Hall–Kier alpha value is -2.50. The third kappa shape index (κ3) is 3.28. The summed E-state index contributed by atoms with van der Waals surface area (Å²) in [5.41, 5.74) is 0.166. The third-order valence-electron chi connectivity index (χ3n) is 4.15. The van der Waals surface area contributed by atoms with Crippen molar-refractivity contribution in [3.8, 4) is 0 Å². The number of nitro benzene ring substituents is 1. The number of hydrogen-bond acceptors (Lipinski definition) is 7. The summed E-state index contributed by atoms with van der Waals surface area (Å²) in [5, 5.41) is 11.3. The summed E-state index contributed by atoms with van der Waals surface area (Å²) in [7, 11) is -2.67. The van der Waals surface area contributed by atoms with Gasteiger partial charge >= 0.3 is 5.97 Å². The van der Waals surface area contributed by atoms with E-state index in [1.54, 1.807) is 0 Å². The second-order valence-corrected chi connectivity index (χ2v) is 7.58. The topological polar surface area (TPSA) is 121 Å². The van der Waals surface area contributed by atoms with E-state index in [0.717, 1.165) is 0 Å². The molecule has 0 spiro atoms. The predicted molar refractivity (Wildman–Crippen MR) is 90.2 cm³/mol. The molecule has 0 bridgehead atoms. The highest BCUT2D eigenvalue weighted by Gasteiger charge is 2.30. The summed E-state index contributed by atoms with van der Waals surface area (Å²) in [4.78, 5) is 22.0. The normalized spacial score (nSPS) is 15.9. The minimum atomic E-state index is -3.89. The molecule has 0 aliphatic carbocycles. The van der Waals surface area contributed by atoms with E-state index in [4.69, 9.17) is 4.74 Å². The Kier molecular flexibility index (Phi) is 4.94. The van der Waals surface area contributed by atoms with Crippen LogP contribution < -0.4 is 0 Å². The highest BCUT2D eigenvalue weighted by molar-refractivity contribution is 7.89. The molecule has 0 atom stereocenters. The van der Waals surface area contributed by atoms with Crippen molar-refractivity contribution in [2.24, 2.45) is 0 Å². The van der Waals surface area contributed by atoms with Crippen LogP contribution in [-0.4, -0.2) is 61.6 Å². The van der Waals surface area contributed by atoms with Crippen LogP contribution in [0.1, 0.15) is 0 Å². The van der Waals surface area contributed by atoms with Crippen LogP contribution in [0.15, 0.2) is 29.3 Å². The van der Waals surface area contributed by atoms with E-state index in [2.05, 4.69) is 4.74 Å². The molecule has 0 radical (unpaired) electrons. The molecule has 0 unspecified atom stereocenters. The molecule has 140 valence electrons. The third-order valence-corrected chi connectivity index (χ3v) is 6.08. The lowest BCUT2D eigenvalue weighted by Crippen LogP contribution is -2.40. The lowest BCUT2D eigenvalue weighted by Gasteiger charge is -2.25. The average molecular weight is 383 g/mol. The Morgan fingerprint density at radius 2 is 2.04 bits per heavy atom. The molecule has 1 aliphatic heterocycles. The number of fused-ring (bicyclic) bond motifs is 1. The van der Waals surface area contributed by atoms with Gasteiger partial charge in [0.1, 0.15) is 11.4 Å². The average Bonchev–Trinajstić information content (AvgIpc) is 3.00. The summed E-state index contributed by atoms with van der Waals surface area (Å²) < 4.78 is 38.5. The molecule has 1 aromatic carbocycles. The Morgan fingerprint density at radius 1 is 1.35 bits per heavy atom. The zero-order valence-electron chi connectivity index (χ0n) is 14.0. The molecule has 0 saturated carbocycles. The van der Waals surface area contributed by atoms with Crippen LogP contribution in [0.5, 0.6) is 0 Å². The molecular weight excluding hydrogens is 366 g/mol. The molecule has 11 heteroatoms. The molecular formula is C15H17N3O7S. The Balaban J connectivity index is 2.17. The lowest BCUT2D eigenvalue weighted by molar-refractivity contribution is -0.384. The van der Waals surface area contributed by atoms with Gasteiger partial charge in [0.2, 0.25) is 10.0 Å². The van der Waals surface area contributed by atoms with Crippen molar-refractivity contribution in [1.82, 2.24) is 8.87 Å². The van der Waals surface area contributed by atoms with E-state index < -0.39 is 20.9 Å². The number of ether oxygens (including phenoxy) is 2. The summed E-state index contributed by atoms with van der Waals surface area (Å²) in [5.74, 6) is -0.560. The number of nitrogens with zero attached hydrogens (tertiary/aromatic N) is 3. The number of sulfonamides is 1. The number of carbonyl (C=O) groups excluding carboxylic acids is 1. The van der Waals surface area contributed by atoms with Crippen LogP contribution in [-0.2, 0) is 30.8 Å². The molecule has 0 amide bonds. The molecule has 1 saturated heterocycles. The maximum atomic E-state index is 13.0. The Bertz CT molecular complexity index is 961. The smallest absolute Gasteiger partial charge is 0.325 e. The van der Waals surface area contributed by atoms with E-state index in [-0.39, 0.29) is 48.8 Å². The van der Waals surface area contributed by atoms with Crippen molar-refractivity contribution in [3.05, 3.63) is 34.5 Å². The molecule has 1 aliphatic rings. The molecule has 2 aromatic rings. The summed E-state index contributed by atoms with van der Waals surface area (Å²) in [6, 6.07) is 3.90. The van der Waals surface area contributed by atoms with E-state index >= 15 is 0 Å². The summed E-state index contributed by atoms with van der Waals surface area (Å²) in [6.45, 7) is 0.742. The second kappa shape index (κ2) is 7.02. The molecule has 1 aromatic heterocycles. The summed E-state index contributed by atoms with van der Waals surface area (Å²) >= 11 is 0. The number of morpholine rings is 1. The van der Waals surface area contributed by atoms with Gasteiger partial charge in [0.25, 0.3) is 5.69 Å². The number of esters is 1. The van der Waals surface area contributed by atoms with Crippen LogP contribution in [0.2, 0.25) is 0 Å². The molecule has 10 nitrogen and oxygen atoms in total. The predicted octanol–water partition coefficient (Wildman–Crippen LogP) is 0.743. The van der Waals surface area contributed by atoms with E-state index in [9.17, 15) is 23.3 Å². The molecule has 0 N–H and O–H groups in total. The van der Waals surface area contributed by atoms with E-state index in [0.29, 0.717) is 5.52 Å². The highest BCUT2D eigenvalue weighted by Crippen LogP contribution is 2.31. The number of non-ortho nitro benzene ring substituents is 1. The van der Waals surface area contributed by atoms with Crippen LogP contribution in [0.3, 0.4) is 0 Å². The van der Waals surface area contributed by atoms with Crippen molar-refractivity contribution in [2.75, 3.05) is 33.4 Å². The fourth-order valence-electron chi connectivity index (χ4n) is 2.83. The van der Waals surface area contributed by atoms with E-state index in [1.807, 2.05) is 0 Å². The standard InChI is InChI=1S/C15H17N3O7S/c1-24-15(19)10-16-9-14(26(22,23)17-4-6-25-7-5-17)12-8-11(18(20)21)2-3-13(12)16/h2-3,8-9H,4-7,10H2,1H3. The largest absolute Gasteiger partial charge is 0.468 e. The van der Waals surface area contributed by atoms with Crippen LogP contribution in [0, 0.1) is 10.1 Å². The van der Waals surface area contributed by atoms with Crippen molar-refractivity contribution in [3.63, 3.8) is 0 Å². The van der Waals surface area contributed by atoms with Crippen molar-refractivity contribution in [1.29, 1.82) is 0 Å².